The van der Waals surface area contributed by atoms with Gasteiger partial charge in [0, 0.05) is 31.9 Å². The Morgan fingerprint density at radius 2 is 1.96 bits per heavy atom. The van der Waals surface area contributed by atoms with E-state index in [-0.39, 0.29) is 6.42 Å². The van der Waals surface area contributed by atoms with Crippen molar-refractivity contribution in [2.24, 2.45) is 5.92 Å². The quantitative estimate of drug-likeness (QED) is 0.851. The van der Waals surface area contributed by atoms with Gasteiger partial charge in [-0.25, -0.2) is 0 Å². The van der Waals surface area contributed by atoms with Crippen LogP contribution in [0, 0.1) is 5.92 Å². The van der Waals surface area contributed by atoms with E-state index in [2.05, 4.69) is 28.4 Å². The summed E-state index contributed by atoms with van der Waals surface area (Å²) in [6.45, 7) is 4.67. The monoisotopic (exact) mass is 364 g/mol. The van der Waals surface area contributed by atoms with Crippen molar-refractivity contribution in [3.63, 3.8) is 0 Å². The van der Waals surface area contributed by atoms with Crippen molar-refractivity contribution in [2.75, 3.05) is 24.5 Å². The van der Waals surface area contributed by atoms with Gasteiger partial charge in [0.25, 0.3) is 0 Å². The number of fused-ring (bicyclic) bond motifs is 2. The summed E-state index contributed by atoms with van der Waals surface area (Å²) in [5, 5.41) is 11.9. The third-order valence-corrected chi connectivity index (χ3v) is 6.05. The molecular weight excluding hydrogens is 336 g/mol. The molecule has 0 bridgehead atoms. The molecule has 4 heteroatoms. The van der Waals surface area contributed by atoms with E-state index in [4.69, 9.17) is 5.11 Å². The summed E-state index contributed by atoms with van der Waals surface area (Å²) in [6, 6.07) is 16.1. The Hall–Kier alpha value is -2.33. The van der Waals surface area contributed by atoms with Crippen molar-refractivity contribution in [1.29, 1.82) is 0 Å². The number of carboxylic acid groups (broad SMARTS) is 1. The lowest BCUT2D eigenvalue weighted by Gasteiger charge is -2.38. The SMILES string of the molecule is O=C(O)Cc1ccccc1.c1cc2c3c(c1)C1CCCC1CN3CCNC2. The summed E-state index contributed by atoms with van der Waals surface area (Å²) < 4.78 is 0. The molecule has 0 saturated heterocycles. The first-order valence-corrected chi connectivity index (χ1v) is 10.1. The Labute approximate surface area is 161 Å². The van der Waals surface area contributed by atoms with Crippen molar-refractivity contribution in [3.05, 3.63) is 65.2 Å². The highest BCUT2D eigenvalue weighted by Crippen LogP contribution is 2.48. The molecule has 1 fully saturated rings. The smallest absolute Gasteiger partial charge is 0.307 e. The van der Waals surface area contributed by atoms with Gasteiger partial charge in [0.15, 0.2) is 0 Å². The summed E-state index contributed by atoms with van der Waals surface area (Å²) >= 11 is 0. The second kappa shape index (κ2) is 8.13. The van der Waals surface area contributed by atoms with Crippen LogP contribution in [0.4, 0.5) is 5.69 Å². The number of anilines is 1. The van der Waals surface area contributed by atoms with E-state index >= 15 is 0 Å². The normalized spacial score (nSPS) is 22.7. The minimum Gasteiger partial charge on any atom is -0.481 e. The molecule has 1 aliphatic carbocycles. The summed E-state index contributed by atoms with van der Waals surface area (Å²) in [7, 11) is 0. The number of nitrogens with zero attached hydrogens (tertiary/aromatic N) is 1. The third-order valence-electron chi connectivity index (χ3n) is 6.05. The van der Waals surface area contributed by atoms with Crippen molar-refractivity contribution >= 4 is 11.7 Å². The number of carbonyl (C=O) groups is 1. The lowest BCUT2D eigenvalue weighted by molar-refractivity contribution is -0.136. The number of benzene rings is 2. The predicted octanol–water partition coefficient (Wildman–Crippen LogP) is 3.81. The zero-order valence-electron chi connectivity index (χ0n) is 15.7. The Balaban J connectivity index is 0.000000155. The zero-order valence-corrected chi connectivity index (χ0v) is 15.7. The van der Waals surface area contributed by atoms with E-state index in [0.717, 1.165) is 30.5 Å². The maximum Gasteiger partial charge on any atom is 0.307 e. The van der Waals surface area contributed by atoms with Crippen molar-refractivity contribution < 1.29 is 9.90 Å². The van der Waals surface area contributed by atoms with E-state index in [1.807, 2.05) is 18.2 Å². The zero-order chi connectivity index (χ0) is 18.6. The summed E-state index contributed by atoms with van der Waals surface area (Å²) in [5.41, 5.74) is 5.60. The number of para-hydroxylation sites is 1. The molecule has 3 aliphatic rings. The van der Waals surface area contributed by atoms with Crippen LogP contribution in [0.1, 0.15) is 41.9 Å². The minimum atomic E-state index is -0.786. The van der Waals surface area contributed by atoms with E-state index in [0.29, 0.717) is 0 Å². The van der Waals surface area contributed by atoms with Crippen LogP contribution in [-0.2, 0) is 17.8 Å². The molecule has 2 unspecified atom stereocenters. The lowest BCUT2D eigenvalue weighted by Crippen LogP contribution is -2.38. The average Bonchev–Trinajstić information content (AvgIpc) is 3.05. The molecule has 2 atom stereocenters. The number of rotatable bonds is 2. The molecule has 2 aliphatic heterocycles. The Bertz CT molecular complexity index is 790. The van der Waals surface area contributed by atoms with Gasteiger partial charge in [-0.05, 0) is 41.4 Å². The van der Waals surface area contributed by atoms with Gasteiger partial charge in [0.05, 0.1) is 6.42 Å². The Morgan fingerprint density at radius 3 is 2.78 bits per heavy atom. The van der Waals surface area contributed by atoms with Crippen LogP contribution < -0.4 is 10.2 Å². The van der Waals surface area contributed by atoms with E-state index in [1.54, 1.807) is 23.4 Å². The molecule has 2 heterocycles. The lowest BCUT2D eigenvalue weighted by atomic mass is 9.82. The predicted molar refractivity (Wildman–Crippen MR) is 108 cm³/mol. The first-order valence-electron chi connectivity index (χ1n) is 10.1. The van der Waals surface area contributed by atoms with Crippen molar-refractivity contribution in [1.82, 2.24) is 5.32 Å². The number of hydrogen-bond donors (Lipinski definition) is 2. The van der Waals surface area contributed by atoms with Gasteiger partial charge in [-0.15, -0.1) is 0 Å². The molecule has 2 aromatic carbocycles. The van der Waals surface area contributed by atoms with Crippen molar-refractivity contribution in [3.8, 4) is 0 Å². The fraction of sp³-hybridized carbons (Fsp3) is 0.435. The van der Waals surface area contributed by atoms with Crippen LogP contribution in [-0.4, -0.2) is 30.7 Å². The molecule has 4 nitrogen and oxygen atoms in total. The second-order valence-corrected chi connectivity index (χ2v) is 7.83. The summed E-state index contributed by atoms with van der Waals surface area (Å²) in [5.74, 6) is 1.00. The highest BCUT2D eigenvalue weighted by atomic mass is 16.4. The van der Waals surface area contributed by atoms with Gasteiger partial charge in [0.2, 0.25) is 0 Å². The van der Waals surface area contributed by atoms with Crippen LogP contribution in [0.15, 0.2) is 48.5 Å². The minimum absolute atomic E-state index is 0.112. The van der Waals surface area contributed by atoms with Gasteiger partial charge < -0.3 is 15.3 Å². The highest BCUT2D eigenvalue weighted by molar-refractivity contribution is 5.70. The molecule has 27 heavy (non-hydrogen) atoms. The van der Waals surface area contributed by atoms with Crippen LogP contribution in [0.2, 0.25) is 0 Å². The second-order valence-electron chi connectivity index (χ2n) is 7.83. The van der Waals surface area contributed by atoms with Gasteiger partial charge in [-0.1, -0.05) is 55.0 Å². The topological polar surface area (TPSA) is 52.6 Å². The fourth-order valence-electron chi connectivity index (χ4n) is 4.89. The van der Waals surface area contributed by atoms with Gasteiger partial charge in [-0.2, -0.15) is 0 Å². The molecule has 0 radical (unpaired) electrons. The third kappa shape index (κ3) is 4.01. The Kier molecular flexibility index (Phi) is 5.44. The first kappa shape index (κ1) is 18.1. The molecule has 2 aromatic rings. The van der Waals surface area contributed by atoms with Gasteiger partial charge >= 0.3 is 5.97 Å². The number of carboxylic acids is 1. The molecule has 0 spiro atoms. The Morgan fingerprint density at radius 1 is 1.11 bits per heavy atom. The highest BCUT2D eigenvalue weighted by Gasteiger charge is 2.37. The van der Waals surface area contributed by atoms with Crippen LogP contribution in [0.3, 0.4) is 0 Å². The maximum atomic E-state index is 10.2. The van der Waals surface area contributed by atoms with Gasteiger partial charge in [0.1, 0.15) is 0 Å². The molecule has 0 aromatic heterocycles. The van der Waals surface area contributed by atoms with E-state index < -0.39 is 5.97 Å². The summed E-state index contributed by atoms with van der Waals surface area (Å²) in [4.78, 5) is 12.8. The number of aliphatic carboxylic acids is 1. The molecule has 0 amide bonds. The van der Waals surface area contributed by atoms with E-state index in [9.17, 15) is 4.79 Å². The first-order chi connectivity index (χ1) is 13.2. The van der Waals surface area contributed by atoms with Crippen LogP contribution in [0.25, 0.3) is 0 Å². The molecule has 2 N–H and O–H groups in total. The van der Waals surface area contributed by atoms with Crippen LogP contribution in [0.5, 0.6) is 0 Å². The molecule has 5 rings (SSSR count). The number of nitrogens with one attached hydrogen (secondary N) is 1. The van der Waals surface area contributed by atoms with Gasteiger partial charge in [-0.3, -0.25) is 4.79 Å². The molecular formula is C23H28N2O2. The summed E-state index contributed by atoms with van der Waals surface area (Å²) in [6.07, 6.45) is 4.41. The average molecular weight is 364 g/mol. The molecule has 142 valence electrons. The largest absolute Gasteiger partial charge is 0.481 e. The van der Waals surface area contributed by atoms with E-state index in [1.165, 1.54) is 37.9 Å². The fourth-order valence-corrected chi connectivity index (χ4v) is 4.89. The van der Waals surface area contributed by atoms with Crippen LogP contribution >= 0.6 is 0 Å². The molecule has 1 saturated carbocycles. The maximum absolute atomic E-state index is 10.2. The number of hydrogen-bond acceptors (Lipinski definition) is 3. The standard InChI is InChI=1S/C15H20N2.C8H8O2/c1-3-11-9-16-7-8-17-10-12-4-2-5-13(12)14(6-1)15(11)17;9-8(10)6-7-4-2-1-3-5-7/h1,3,6,12-13,16H,2,4-5,7-10H2;1-5H,6H2,(H,9,10). The van der Waals surface area contributed by atoms with Crippen molar-refractivity contribution in [2.45, 2.75) is 38.1 Å².